The van der Waals surface area contributed by atoms with E-state index in [1.165, 1.54) is 17.2 Å². The molecule has 6 rings (SSSR count). The Balaban J connectivity index is 1.51. The number of amides is 1. The van der Waals surface area contributed by atoms with Gasteiger partial charge in [0.15, 0.2) is 5.72 Å². The van der Waals surface area contributed by atoms with Gasteiger partial charge in [0, 0.05) is 23.3 Å². The first-order chi connectivity index (χ1) is 20.6. The summed E-state index contributed by atoms with van der Waals surface area (Å²) in [5, 5.41) is 31.1. The third-order valence-electron chi connectivity index (χ3n) is 8.79. The van der Waals surface area contributed by atoms with E-state index in [0.717, 1.165) is 25.9 Å². The second-order valence-corrected chi connectivity index (χ2v) is 12.4. The van der Waals surface area contributed by atoms with Gasteiger partial charge in [0.25, 0.3) is 5.91 Å². The van der Waals surface area contributed by atoms with Crippen molar-refractivity contribution in [3.05, 3.63) is 99.1 Å². The van der Waals surface area contributed by atoms with Crippen LogP contribution in [-0.2, 0) is 22.6 Å². The van der Waals surface area contributed by atoms with E-state index in [1.54, 1.807) is 49.4 Å². The van der Waals surface area contributed by atoms with Crippen LogP contribution in [0.5, 0.6) is 0 Å². The van der Waals surface area contributed by atoms with Crippen LogP contribution in [0.2, 0.25) is 5.02 Å². The van der Waals surface area contributed by atoms with Crippen molar-refractivity contribution in [1.29, 1.82) is 10.5 Å². The number of β-amino-alcohol motifs (C(OH)–C–C–N with tert-alkyl or cyclic N) is 1. The second-order valence-electron chi connectivity index (χ2n) is 12.0. The van der Waals surface area contributed by atoms with Crippen LogP contribution >= 0.6 is 11.6 Å². The van der Waals surface area contributed by atoms with Gasteiger partial charge in [-0.25, -0.2) is 4.39 Å². The number of aliphatic hydroxyl groups is 1. The SMILES string of the molecule is CC(O)(CN1CCCC1)c1cc(F)c2c(c1)C(=O)N(Cc1ccc(C#N)cn1)[C@@]2(OCC1(C#N)CC1)c1ccc(Cl)cc1. The summed E-state index contributed by atoms with van der Waals surface area (Å²) >= 11 is 6.23. The molecular formula is C33H31ClFN5O3. The molecule has 1 amide bonds. The highest BCUT2D eigenvalue weighted by molar-refractivity contribution is 6.30. The number of pyridine rings is 1. The molecule has 0 radical (unpaired) electrons. The molecule has 1 saturated heterocycles. The number of halogens is 2. The highest BCUT2D eigenvalue weighted by atomic mass is 35.5. The molecule has 1 N–H and O–H groups in total. The topological polar surface area (TPSA) is 113 Å². The molecule has 8 nitrogen and oxygen atoms in total. The molecule has 10 heteroatoms. The van der Waals surface area contributed by atoms with Crippen molar-refractivity contribution >= 4 is 17.5 Å². The van der Waals surface area contributed by atoms with Gasteiger partial charge in [0.05, 0.1) is 52.6 Å². The molecule has 3 aliphatic rings. The molecular weight excluding hydrogens is 569 g/mol. The van der Waals surface area contributed by atoms with Crippen molar-refractivity contribution in [3.63, 3.8) is 0 Å². The Kier molecular flexibility index (Phi) is 7.48. The number of likely N-dealkylation sites (tertiary alicyclic amines) is 1. The summed E-state index contributed by atoms with van der Waals surface area (Å²) in [4.78, 5) is 22.3. The zero-order chi connectivity index (χ0) is 30.4. The highest BCUT2D eigenvalue weighted by Crippen LogP contribution is 2.52. The van der Waals surface area contributed by atoms with Crippen molar-refractivity contribution in [2.24, 2.45) is 5.41 Å². The maximum Gasteiger partial charge on any atom is 0.257 e. The first-order valence-corrected chi connectivity index (χ1v) is 14.8. The van der Waals surface area contributed by atoms with E-state index >= 15 is 4.39 Å². The molecule has 2 aromatic carbocycles. The Labute approximate surface area is 254 Å². The lowest BCUT2D eigenvalue weighted by Crippen LogP contribution is -2.48. The van der Waals surface area contributed by atoms with E-state index in [0.29, 0.717) is 46.8 Å². The van der Waals surface area contributed by atoms with Crippen LogP contribution in [0.3, 0.4) is 0 Å². The average Bonchev–Trinajstić information content (AvgIpc) is 3.54. The zero-order valence-electron chi connectivity index (χ0n) is 23.8. The fourth-order valence-electron chi connectivity index (χ4n) is 6.14. The smallest absolute Gasteiger partial charge is 0.257 e. The van der Waals surface area contributed by atoms with Crippen LogP contribution in [0.25, 0.3) is 0 Å². The van der Waals surface area contributed by atoms with Crippen molar-refractivity contribution in [3.8, 4) is 12.1 Å². The average molecular weight is 600 g/mol. The van der Waals surface area contributed by atoms with Gasteiger partial charge >= 0.3 is 0 Å². The van der Waals surface area contributed by atoms with Crippen molar-refractivity contribution in [2.75, 3.05) is 26.2 Å². The van der Waals surface area contributed by atoms with Gasteiger partial charge in [-0.15, -0.1) is 0 Å². The number of benzene rings is 2. The number of rotatable bonds is 9. The van der Waals surface area contributed by atoms with Crippen molar-refractivity contribution in [2.45, 2.75) is 50.5 Å². The molecule has 0 spiro atoms. The number of hydrogen-bond donors (Lipinski definition) is 1. The number of carbonyl (C=O) groups excluding carboxylic acids is 1. The minimum absolute atomic E-state index is 0.0166. The molecule has 0 bridgehead atoms. The van der Waals surface area contributed by atoms with Crippen molar-refractivity contribution < 1.29 is 19.0 Å². The van der Waals surface area contributed by atoms with Gasteiger partial charge in [0.1, 0.15) is 11.9 Å². The fraction of sp³-hybridized carbons (Fsp3) is 0.394. The third kappa shape index (κ3) is 5.28. The van der Waals surface area contributed by atoms with Crippen LogP contribution in [0.15, 0.2) is 54.7 Å². The largest absolute Gasteiger partial charge is 0.384 e. The molecule has 2 aliphatic heterocycles. The lowest BCUT2D eigenvalue weighted by Gasteiger charge is -2.40. The van der Waals surface area contributed by atoms with Crippen LogP contribution in [0, 0.1) is 33.9 Å². The van der Waals surface area contributed by atoms with Crippen molar-refractivity contribution in [1.82, 2.24) is 14.8 Å². The number of nitrogens with zero attached hydrogens (tertiary/aromatic N) is 5. The highest BCUT2D eigenvalue weighted by Gasteiger charge is 2.57. The molecule has 3 heterocycles. The molecule has 2 fully saturated rings. The van der Waals surface area contributed by atoms with Gasteiger partial charge < -0.3 is 14.7 Å². The van der Waals surface area contributed by atoms with Crippen LogP contribution < -0.4 is 0 Å². The summed E-state index contributed by atoms with van der Waals surface area (Å²) in [6.45, 7) is 3.55. The molecule has 43 heavy (non-hydrogen) atoms. The molecule has 2 atom stereocenters. The summed E-state index contributed by atoms with van der Waals surface area (Å²) in [7, 11) is 0. The van der Waals surface area contributed by atoms with Gasteiger partial charge in [-0.1, -0.05) is 23.7 Å². The normalized spacial score (nSPS) is 22.1. The van der Waals surface area contributed by atoms with E-state index in [9.17, 15) is 20.4 Å². The number of ether oxygens (including phenoxy) is 1. The van der Waals surface area contributed by atoms with Gasteiger partial charge in [-0.2, -0.15) is 10.5 Å². The summed E-state index contributed by atoms with van der Waals surface area (Å²) < 4.78 is 23.3. The first-order valence-electron chi connectivity index (χ1n) is 14.4. The number of fused-ring (bicyclic) bond motifs is 1. The molecule has 1 saturated carbocycles. The minimum Gasteiger partial charge on any atom is -0.384 e. The Morgan fingerprint density at radius 1 is 1.14 bits per heavy atom. The predicted molar refractivity (Wildman–Crippen MR) is 156 cm³/mol. The standard InChI is InChI=1S/C33H31ClFN5O3/c1-31(42,20-39-12-2-3-13-39)24-14-27-29(28(35)15-24)33(23-5-7-25(34)8-6-23,43-21-32(19-37)10-11-32)40(30(27)41)18-26-9-4-22(16-36)17-38-26/h4-9,14-15,17,42H,2-3,10-13,18,20-21H2,1H3/t31?,33-/m1/s1. The number of carbonyl (C=O) groups is 1. The maximum absolute atomic E-state index is 16.6. The van der Waals surface area contributed by atoms with Gasteiger partial charge in [0.2, 0.25) is 0 Å². The number of nitriles is 2. The zero-order valence-corrected chi connectivity index (χ0v) is 24.6. The van der Waals surface area contributed by atoms with E-state index < -0.39 is 28.5 Å². The maximum atomic E-state index is 16.6. The van der Waals surface area contributed by atoms with Gasteiger partial charge in [-0.3, -0.25) is 14.7 Å². The first kappa shape index (κ1) is 29.2. The molecule has 1 aliphatic carbocycles. The Bertz CT molecular complexity index is 1640. The lowest BCUT2D eigenvalue weighted by molar-refractivity contribution is -0.122. The molecule has 3 aromatic rings. The minimum atomic E-state index is -1.75. The number of hydrogen-bond acceptors (Lipinski definition) is 7. The quantitative estimate of drug-likeness (QED) is 0.358. The summed E-state index contributed by atoms with van der Waals surface area (Å²) in [5.41, 5.74) is -2.21. The predicted octanol–water partition coefficient (Wildman–Crippen LogP) is 5.23. The summed E-state index contributed by atoms with van der Waals surface area (Å²) in [6.07, 6.45) is 4.77. The van der Waals surface area contributed by atoms with E-state index in [-0.39, 0.29) is 24.3 Å². The molecule has 1 unspecified atom stereocenters. The van der Waals surface area contributed by atoms with E-state index in [4.69, 9.17) is 16.3 Å². The molecule has 1 aromatic heterocycles. The monoisotopic (exact) mass is 599 g/mol. The third-order valence-corrected chi connectivity index (χ3v) is 9.05. The van der Waals surface area contributed by atoms with E-state index in [1.807, 2.05) is 6.07 Å². The Morgan fingerprint density at radius 3 is 2.47 bits per heavy atom. The van der Waals surface area contributed by atoms with Crippen LogP contribution in [0.4, 0.5) is 4.39 Å². The summed E-state index contributed by atoms with van der Waals surface area (Å²) in [6, 6.07) is 17.1. The van der Waals surface area contributed by atoms with Crippen LogP contribution in [0.1, 0.15) is 70.9 Å². The number of aromatic nitrogens is 1. The summed E-state index contributed by atoms with van der Waals surface area (Å²) in [5.74, 6) is -1.20. The second kappa shape index (κ2) is 11.0. The van der Waals surface area contributed by atoms with Crippen LogP contribution in [-0.4, -0.2) is 52.0 Å². The lowest BCUT2D eigenvalue weighted by atomic mass is 9.87. The fourth-order valence-corrected chi connectivity index (χ4v) is 6.27. The Morgan fingerprint density at radius 2 is 1.86 bits per heavy atom. The van der Waals surface area contributed by atoms with Gasteiger partial charge in [-0.05, 0) is 87.7 Å². The van der Waals surface area contributed by atoms with E-state index in [2.05, 4.69) is 16.0 Å². The Hall–Kier alpha value is -3.86. The molecule has 220 valence electrons.